The van der Waals surface area contributed by atoms with Gasteiger partial charge in [-0.2, -0.15) is 0 Å². The van der Waals surface area contributed by atoms with Gasteiger partial charge in [0.05, 0.1) is 5.75 Å². The normalized spacial score (nSPS) is 15.6. The number of carbonyl (C=O) groups excluding carboxylic acids is 2. The molecule has 4 aromatic rings. The Morgan fingerprint density at radius 1 is 0.939 bits per heavy atom. The summed E-state index contributed by atoms with van der Waals surface area (Å²) in [6.07, 6.45) is 0. The van der Waals surface area contributed by atoms with Crippen LogP contribution in [-0.4, -0.2) is 32.7 Å². The molecule has 164 valence electrons. The highest BCUT2D eigenvalue weighted by atomic mass is 32.2. The smallest absolute Gasteiger partial charge is 0.257 e. The largest absolute Gasteiger partial charge is 0.322 e. The third kappa shape index (κ3) is 4.81. The monoisotopic (exact) mass is 472 g/mol. The summed E-state index contributed by atoms with van der Waals surface area (Å²) in [5, 5.41) is 12.2. The molecule has 6 nitrogen and oxygen atoms in total. The first-order valence-corrected chi connectivity index (χ1v) is 12.3. The SMILES string of the molecule is O=C(Nc1nnc(-c2ccccc2)s1)c1ccc(C2SCC(=O)N2Cc2ccccc2)cc1. The molecule has 1 N–H and O–H groups in total. The topological polar surface area (TPSA) is 75.2 Å². The Morgan fingerprint density at radius 3 is 2.36 bits per heavy atom. The van der Waals surface area contributed by atoms with Crippen molar-refractivity contribution in [1.82, 2.24) is 15.1 Å². The molecule has 0 saturated carbocycles. The third-order valence-corrected chi connectivity index (χ3v) is 7.43. The van der Waals surface area contributed by atoms with Crippen LogP contribution in [0.1, 0.15) is 26.9 Å². The van der Waals surface area contributed by atoms with Crippen LogP contribution in [0.5, 0.6) is 0 Å². The molecule has 2 amide bonds. The molecule has 5 rings (SSSR count). The summed E-state index contributed by atoms with van der Waals surface area (Å²) < 4.78 is 0. The zero-order valence-corrected chi connectivity index (χ0v) is 19.2. The fourth-order valence-corrected chi connectivity index (χ4v) is 5.55. The molecule has 0 spiro atoms. The van der Waals surface area contributed by atoms with Crippen molar-refractivity contribution in [1.29, 1.82) is 0 Å². The maximum absolute atomic E-state index is 12.7. The minimum atomic E-state index is -0.242. The van der Waals surface area contributed by atoms with Crippen molar-refractivity contribution in [2.24, 2.45) is 0 Å². The molecule has 1 saturated heterocycles. The Bertz CT molecular complexity index is 1260. The van der Waals surface area contributed by atoms with Gasteiger partial charge in [0.2, 0.25) is 11.0 Å². The summed E-state index contributed by atoms with van der Waals surface area (Å²) >= 11 is 2.94. The van der Waals surface area contributed by atoms with Gasteiger partial charge in [0.15, 0.2) is 0 Å². The van der Waals surface area contributed by atoms with Gasteiger partial charge in [0, 0.05) is 17.7 Å². The molecule has 1 fully saturated rings. The van der Waals surface area contributed by atoms with Gasteiger partial charge in [-0.05, 0) is 23.3 Å². The average Bonchev–Trinajstić information content (AvgIpc) is 3.47. The lowest BCUT2D eigenvalue weighted by atomic mass is 10.1. The number of aromatic nitrogens is 2. The Balaban J connectivity index is 1.27. The first-order valence-electron chi connectivity index (χ1n) is 10.4. The van der Waals surface area contributed by atoms with Crippen LogP contribution in [0.2, 0.25) is 0 Å². The number of benzene rings is 3. The summed E-state index contributed by atoms with van der Waals surface area (Å²) in [6.45, 7) is 0.570. The van der Waals surface area contributed by atoms with E-state index in [-0.39, 0.29) is 17.2 Å². The van der Waals surface area contributed by atoms with Gasteiger partial charge in [-0.1, -0.05) is 84.1 Å². The molecule has 1 aliphatic rings. The van der Waals surface area contributed by atoms with E-state index >= 15 is 0 Å². The highest BCUT2D eigenvalue weighted by Crippen LogP contribution is 2.39. The van der Waals surface area contributed by atoms with Gasteiger partial charge >= 0.3 is 0 Å². The Labute approximate surface area is 199 Å². The lowest BCUT2D eigenvalue weighted by Gasteiger charge is -2.24. The second-order valence-electron chi connectivity index (χ2n) is 7.53. The first kappa shape index (κ1) is 21.4. The van der Waals surface area contributed by atoms with Crippen LogP contribution < -0.4 is 5.32 Å². The molecule has 3 aromatic carbocycles. The molecule has 2 heterocycles. The molecular formula is C25H20N4O2S2. The standard InChI is InChI=1S/C25H20N4O2S2/c30-21-16-32-24(29(21)15-17-7-3-1-4-8-17)20-13-11-18(12-14-20)22(31)26-25-28-27-23(33-25)19-9-5-2-6-10-19/h1-14,24H,15-16H2,(H,26,28,31). The number of rotatable bonds is 6. The van der Waals surface area contributed by atoms with Crippen LogP contribution >= 0.6 is 23.1 Å². The molecule has 0 aliphatic carbocycles. The second-order valence-corrected chi connectivity index (χ2v) is 9.57. The van der Waals surface area contributed by atoms with Crippen molar-refractivity contribution in [3.8, 4) is 10.6 Å². The first-order chi connectivity index (χ1) is 16.2. The molecule has 1 aliphatic heterocycles. The summed E-state index contributed by atoms with van der Waals surface area (Å²) in [4.78, 5) is 27.1. The fourth-order valence-electron chi connectivity index (χ4n) is 3.62. The van der Waals surface area contributed by atoms with Crippen molar-refractivity contribution < 1.29 is 9.59 Å². The highest BCUT2D eigenvalue weighted by Gasteiger charge is 2.32. The number of hydrogen-bond acceptors (Lipinski definition) is 6. The molecule has 1 atom stereocenters. The second kappa shape index (κ2) is 9.56. The molecule has 1 aromatic heterocycles. The zero-order chi connectivity index (χ0) is 22.6. The molecule has 1 unspecified atom stereocenters. The molecule has 0 radical (unpaired) electrons. The van der Waals surface area contributed by atoms with Crippen molar-refractivity contribution >= 4 is 40.0 Å². The Morgan fingerprint density at radius 2 is 1.64 bits per heavy atom. The average molecular weight is 473 g/mol. The quantitative estimate of drug-likeness (QED) is 0.416. The maximum Gasteiger partial charge on any atom is 0.257 e. The van der Waals surface area contributed by atoms with Crippen molar-refractivity contribution in [3.63, 3.8) is 0 Å². The van der Waals surface area contributed by atoms with Gasteiger partial charge in [-0.15, -0.1) is 22.0 Å². The van der Waals surface area contributed by atoms with Crippen LogP contribution in [0, 0.1) is 0 Å². The van der Waals surface area contributed by atoms with Gasteiger partial charge in [0.1, 0.15) is 10.4 Å². The van der Waals surface area contributed by atoms with Crippen LogP contribution in [0.25, 0.3) is 10.6 Å². The van der Waals surface area contributed by atoms with Crippen LogP contribution in [0.4, 0.5) is 5.13 Å². The molecule has 8 heteroatoms. The minimum Gasteiger partial charge on any atom is -0.322 e. The summed E-state index contributed by atoms with van der Waals surface area (Å²) in [5.41, 5.74) is 3.59. The van der Waals surface area contributed by atoms with Gasteiger partial charge < -0.3 is 4.90 Å². The summed E-state index contributed by atoms with van der Waals surface area (Å²) in [7, 11) is 0. The zero-order valence-electron chi connectivity index (χ0n) is 17.5. The Hall–Kier alpha value is -3.49. The van der Waals surface area contributed by atoms with Gasteiger partial charge in [0.25, 0.3) is 5.91 Å². The van der Waals surface area contributed by atoms with Crippen LogP contribution in [-0.2, 0) is 11.3 Å². The van der Waals surface area contributed by atoms with E-state index in [0.29, 0.717) is 23.0 Å². The number of anilines is 1. The number of thioether (sulfide) groups is 1. The van der Waals surface area contributed by atoms with Gasteiger partial charge in [-0.3, -0.25) is 14.9 Å². The summed E-state index contributed by atoms with van der Waals surface area (Å²) in [6, 6.07) is 27.1. The van der Waals surface area contributed by atoms with Crippen molar-refractivity contribution in [2.75, 3.05) is 11.1 Å². The van der Waals surface area contributed by atoms with E-state index in [1.165, 1.54) is 11.3 Å². The molecule has 33 heavy (non-hydrogen) atoms. The van der Waals surface area contributed by atoms with E-state index in [2.05, 4.69) is 15.5 Å². The number of nitrogens with one attached hydrogen (secondary N) is 1. The maximum atomic E-state index is 12.7. The minimum absolute atomic E-state index is 0.0635. The molecular weight excluding hydrogens is 452 g/mol. The number of hydrogen-bond donors (Lipinski definition) is 1. The lowest BCUT2D eigenvalue weighted by Crippen LogP contribution is -2.27. The lowest BCUT2D eigenvalue weighted by molar-refractivity contribution is -0.128. The van der Waals surface area contributed by atoms with Gasteiger partial charge in [-0.25, -0.2) is 0 Å². The van der Waals surface area contributed by atoms with E-state index in [1.54, 1.807) is 23.9 Å². The Kier molecular flexibility index (Phi) is 6.19. The third-order valence-electron chi connectivity index (χ3n) is 5.29. The fraction of sp³-hybridized carbons (Fsp3) is 0.120. The number of amides is 2. The van der Waals surface area contributed by atoms with E-state index in [9.17, 15) is 9.59 Å². The van der Waals surface area contributed by atoms with Crippen molar-refractivity contribution in [2.45, 2.75) is 11.9 Å². The number of carbonyl (C=O) groups is 2. The molecule has 0 bridgehead atoms. The van der Waals surface area contributed by atoms with Crippen LogP contribution in [0.3, 0.4) is 0 Å². The van der Waals surface area contributed by atoms with E-state index in [1.807, 2.05) is 77.7 Å². The summed E-state index contributed by atoms with van der Waals surface area (Å²) in [5.74, 6) is 0.343. The van der Waals surface area contributed by atoms with E-state index in [0.717, 1.165) is 21.7 Å². The van der Waals surface area contributed by atoms with Crippen LogP contribution in [0.15, 0.2) is 84.9 Å². The number of nitrogens with zero attached hydrogens (tertiary/aromatic N) is 3. The predicted octanol–water partition coefficient (Wildman–Crippen LogP) is 5.23. The van der Waals surface area contributed by atoms with E-state index < -0.39 is 0 Å². The predicted molar refractivity (Wildman–Crippen MR) is 132 cm³/mol. The van der Waals surface area contributed by atoms with Crippen molar-refractivity contribution in [3.05, 3.63) is 102 Å². The van der Waals surface area contributed by atoms with E-state index in [4.69, 9.17) is 0 Å². The highest BCUT2D eigenvalue weighted by molar-refractivity contribution is 8.00.